The Labute approximate surface area is 215 Å². The molecule has 0 spiro atoms. The molecule has 1 aliphatic heterocycles. The van der Waals surface area contributed by atoms with Crippen LogP contribution >= 0.6 is 11.8 Å². The van der Waals surface area contributed by atoms with E-state index in [-0.39, 0.29) is 35.8 Å². The average molecular weight is 524 g/mol. The molecule has 0 saturated carbocycles. The zero-order valence-corrected chi connectivity index (χ0v) is 20.9. The number of aryl methyl sites for hydroxylation is 1. The number of nitrogens with zero attached hydrogens (tertiary/aromatic N) is 3. The standard InChI is InChI=1S/C25H25N5O6S/c1-15-10-21(29-36-15)28-22(31)14-37-25-27-20-11-16(23(32)26-12-17-4-2-8-34-17)6-7-19(20)24(33)30(25)13-18-5-3-9-35-18/h3,5-7,9-11,17H,2,4,8,12-14H2,1H3,(H,26,32)(H,28,29,31)/t17-/m1/s1. The molecule has 0 aliphatic carbocycles. The van der Waals surface area contributed by atoms with Crippen LogP contribution in [0.5, 0.6) is 0 Å². The fourth-order valence-electron chi connectivity index (χ4n) is 4.00. The summed E-state index contributed by atoms with van der Waals surface area (Å²) in [6.07, 6.45) is 3.45. The largest absolute Gasteiger partial charge is 0.467 e. The second-order valence-corrected chi connectivity index (χ2v) is 9.54. The minimum absolute atomic E-state index is 0.0200. The summed E-state index contributed by atoms with van der Waals surface area (Å²) in [5, 5.41) is 9.96. The smallest absolute Gasteiger partial charge is 0.262 e. The normalized spacial score (nSPS) is 15.2. The number of nitrogens with one attached hydrogen (secondary N) is 2. The van der Waals surface area contributed by atoms with E-state index in [1.54, 1.807) is 43.3 Å². The lowest BCUT2D eigenvalue weighted by Gasteiger charge is -2.13. The number of ether oxygens (including phenoxy) is 1. The molecule has 4 aromatic rings. The van der Waals surface area contributed by atoms with Crippen molar-refractivity contribution >= 4 is 40.3 Å². The summed E-state index contributed by atoms with van der Waals surface area (Å²) >= 11 is 1.10. The van der Waals surface area contributed by atoms with Gasteiger partial charge in [-0.2, -0.15) is 0 Å². The molecule has 1 aliphatic rings. The quantitative estimate of drug-likeness (QED) is 0.250. The number of hydrogen-bond acceptors (Lipinski definition) is 9. The van der Waals surface area contributed by atoms with Gasteiger partial charge in [0, 0.05) is 24.8 Å². The Morgan fingerprint density at radius 1 is 1.24 bits per heavy atom. The van der Waals surface area contributed by atoms with Crippen LogP contribution in [0.15, 0.2) is 61.6 Å². The van der Waals surface area contributed by atoms with Gasteiger partial charge < -0.3 is 24.3 Å². The number of amides is 2. The summed E-state index contributed by atoms with van der Waals surface area (Å²) in [4.78, 5) is 43.3. The van der Waals surface area contributed by atoms with Gasteiger partial charge in [0.15, 0.2) is 11.0 Å². The van der Waals surface area contributed by atoms with Crippen molar-refractivity contribution in [2.24, 2.45) is 0 Å². The van der Waals surface area contributed by atoms with Gasteiger partial charge in [0.25, 0.3) is 11.5 Å². The first-order chi connectivity index (χ1) is 18.0. The number of fused-ring (bicyclic) bond motifs is 1. The van der Waals surface area contributed by atoms with Crippen molar-refractivity contribution < 1.29 is 23.3 Å². The van der Waals surface area contributed by atoms with Crippen LogP contribution in [-0.4, -0.2) is 51.5 Å². The molecule has 1 atom stereocenters. The SMILES string of the molecule is Cc1cc(NC(=O)CSc2nc3cc(C(=O)NC[C@H]4CCCO4)ccc3c(=O)n2Cc2ccco2)no1. The first-order valence-corrected chi connectivity index (χ1v) is 12.8. The highest BCUT2D eigenvalue weighted by Gasteiger charge is 2.19. The third-order valence-electron chi connectivity index (χ3n) is 5.82. The van der Waals surface area contributed by atoms with Crippen molar-refractivity contribution in [1.82, 2.24) is 20.0 Å². The third kappa shape index (κ3) is 5.92. The van der Waals surface area contributed by atoms with Crippen molar-refractivity contribution in [3.05, 3.63) is 70.1 Å². The summed E-state index contributed by atoms with van der Waals surface area (Å²) in [5.74, 6) is 0.819. The monoisotopic (exact) mass is 523 g/mol. The number of thioether (sulfide) groups is 1. The van der Waals surface area contributed by atoms with Gasteiger partial charge in [-0.15, -0.1) is 0 Å². The minimum atomic E-state index is -0.334. The molecule has 3 aromatic heterocycles. The summed E-state index contributed by atoms with van der Waals surface area (Å²) in [5.41, 5.74) is 0.444. The second-order valence-electron chi connectivity index (χ2n) is 8.60. The van der Waals surface area contributed by atoms with Crippen LogP contribution in [0.3, 0.4) is 0 Å². The van der Waals surface area contributed by atoms with E-state index in [9.17, 15) is 14.4 Å². The molecule has 11 nitrogen and oxygen atoms in total. The third-order valence-corrected chi connectivity index (χ3v) is 6.80. The van der Waals surface area contributed by atoms with Gasteiger partial charge in [0.05, 0.1) is 35.6 Å². The van der Waals surface area contributed by atoms with Crippen molar-refractivity contribution in [1.29, 1.82) is 0 Å². The van der Waals surface area contributed by atoms with Crippen LogP contribution in [0, 0.1) is 6.92 Å². The maximum atomic E-state index is 13.4. The van der Waals surface area contributed by atoms with Crippen LogP contribution in [-0.2, 0) is 16.1 Å². The van der Waals surface area contributed by atoms with E-state index >= 15 is 0 Å². The van der Waals surface area contributed by atoms with Crippen molar-refractivity contribution in [2.45, 2.75) is 37.6 Å². The first kappa shape index (κ1) is 24.8. The van der Waals surface area contributed by atoms with Gasteiger partial charge >= 0.3 is 0 Å². The molecule has 0 radical (unpaired) electrons. The summed E-state index contributed by atoms with van der Waals surface area (Å²) in [7, 11) is 0. The summed E-state index contributed by atoms with van der Waals surface area (Å²) < 4.78 is 17.4. The topological polar surface area (TPSA) is 141 Å². The Bertz CT molecular complexity index is 1470. The van der Waals surface area contributed by atoms with Crippen LogP contribution in [0.1, 0.15) is 34.7 Å². The molecule has 4 heterocycles. The molecule has 37 heavy (non-hydrogen) atoms. The maximum Gasteiger partial charge on any atom is 0.262 e. The molecule has 192 valence electrons. The molecule has 1 saturated heterocycles. The fourth-order valence-corrected chi connectivity index (χ4v) is 4.80. The lowest BCUT2D eigenvalue weighted by Crippen LogP contribution is -2.31. The Balaban J connectivity index is 1.39. The summed E-state index contributed by atoms with van der Waals surface area (Å²) in [6.45, 7) is 3.00. The lowest BCUT2D eigenvalue weighted by molar-refractivity contribution is -0.113. The molecular formula is C25H25N5O6S. The Morgan fingerprint density at radius 2 is 2.14 bits per heavy atom. The highest BCUT2D eigenvalue weighted by atomic mass is 32.2. The highest BCUT2D eigenvalue weighted by molar-refractivity contribution is 7.99. The number of carbonyl (C=O) groups is 2. The van der Waals surface area contributed by atoms with E-state index in [1.165, 1.54) is 10.8 Å². The first-order valence-electron chi connectivity index (χ1n) is 11.8. The van der Waals surface area contributed by atoms with Gasteiger partial charge in [-0.1, -0.05) is 16.9 Å². The van der Waals surface area contributed by atoms with E-state index in [2.05, 4.69) is 20.8 Å². The van der Waals surface area contributed by atoms with E-state index < -0.39 is 0 Å². The molecule has 2 N–H and O–H groups in total. The molecule has 1 fully saturated rings. The minimum Gasteiger partial charge on any atom is -0.467 e. The van der Waals surface area contributed by atoms with Gasteiger partial charge in [-0.3, -0.25) is 19.0 Å². The van der Waals surface area contributed by atoms with E-state index in [1.807, 2.05) is 0 Å². The highest BCUT2D eigenvalue weighted by Crippen LogP contribution is 2.21. The zero-order chi connectivity index (χ0) is 25.8. The van der Waals surface area contributed by atoms with E-state index in [4.69, 9.17) is 13.7 Å². The van der Waals surface area contributed by atoms with Crippen molar-refractivity contribution in [2.75, 3.05) is 24.2 Å². The van der Waals surface area contributed by atoms with Gasteiger partial charge in [0.2, 0.25) is 5.91 Å². The van der Waals surface area contributed by atoms with Crippen LogP contribution < -0.4 is 16.2 Å². The predicted molar refractivity (Wildman–Crippen MR) is 136 cm³/mol. The van der Waals surface area contributed by atoms with Gasteiger partial charge in [0.1, 0.15) is 11.5 Å². The van der Waals surface area contributed by atoms with E-state index in [0.717, 1.165) is 24.6 Å². The Morgan fingerprint density at radius 3 is 2.86 bits per heavy atom. The van der Waals surface area contributed by atoms with Crippen molar-refractivity contribution in [3.63, 3.8) is 0 Å². The molecule has 0 bridgehead atoms. The van der Waals surface area contributed by atoms with Crippen LogP contribution in [0.2, 0.25) is 0 Å². The Hall–Kier alpha value is -3.90. The zero-order valence-electron chi connectivity index (χ0n) is 20.1. The predicted octanol–water partition coefficient (Wildman–Crippen LogP) is 2.97. The second kappa shape index (κ2) is 11.0. The lowest BCUT2D eigenvalue weighted by atomic mass is 10.1. The molecule has 1 aromatic carbocycles. The average Bonchev–Trinajstić information content (AvgIpc) is 3.67. The molecular weight excluding hydrogens is 498 g/mol. The Kier molecular flexibility index (Phi) is 7.37. The molecule has 5 rings (SSSR count). The number of furan rings is 1. The van der Waals surface area contributed by atoms with E-state index in [0.29, 0.717) is 52.1 Å². The number of rotatable bonds is 9. The maximum absolute atomic E-state index is 13.4. The van der Waals surface area contributed by atoms with Crippen LogP contribution in [0.4, 0.5) is 5.82 Å². The van der Waals surface area contributed by atoms with Gasteiger partial charge in [-0.05, 0) is 50.1 Å². The fraction of sp³-hybridized carbons (Fsp3) is 0.320. The molecule has 12 heteroatoms. The summed E-state index contributed by atoms with van der Waals surface area (Å²) in [6, 6.07) is 9.88. The number of aromatic nitrogens is 3. The molecule has 0 unspecified atom stereocenters. The van der Waals surface area contributed by atoms with Crippen LogP contribution in [0.25, 0.3) is 10.9 Å². The number of hydrogen-bond donors (Lipinski definition) is 2. The van der Waals surface area contributed by atoms with Crippen molar-refractivity contribution in [3.8, 4) is 0 Å². The number of anilines is 1. The van der Waals surface area contributed by atoms with Gasteiger partial charge in [-0.25, -0.2) is 4.98 Å². The molecule has 2 amide bonds. The number of benzene rings is 1. The number of carbonyl (C=O) groups excluding carboxylic acids is 2.